The number of hydrogen-bond donors (Lipinski definition) is 1. The fourth-order valence-electron chi connectivity index (χ4n) is 4.26. The number of urea groups is 1. The first-order chi connectivity index (χ1) is 18.7. The molecule has 3 rings (SSSR count). The van der Waals surface area contributed by atoms with E-state index in [9.17, 15) is 9.59 Å². The summed E-state index contributed by atoms with van der Waals surface area (Å²) in [6, 6.07) is 17.4. The van der Waals surface area contributed by atoms with Gasteiger partial charge in [-0.15, -0.1) is 11.3 Å². The molecule has 0 spiro atoms. The maximum atomic E-state index is 13.6. The molecule has 2 aromatic carbocycles. The number of ether oxygens (including phenoxy) is 2. The van der Waals surface area contributed by atoms with E-state index in [1.807, 2.05) is 78.7 Å². The molecule has 0 saturated heterocycles. The van der Waals surface area contributed by atoms with Gasteiger partial charge >= 0.3 is 6.03 Å². The van der Waals surface area contributed by atoms with Gasteiger partial charge < -0.3 is 24.6 Å². The van der Waals surface area contributed by atoms with E-state index in [-0.39, 0.29) is 24.4 Å². The topological polar surface area (TPSA) is 71.1 Å². The average molecular weight is 552 g/mol. The Labute approximate surface area is 236 Å². The van der Waals surface area contributed by atoms with E-state index in [0.29, 0.717) is 43.5 Å². The van der Waals surface area contributed by atoms with Crippen molar-refractivity contribution in [1.82, 2.24) is 9.80 Å². The van der Waals surface area contributed by atoms with Gasteiger partial charge in [0.1, 0.15) is 6.54 Å². The highest BCUT2D eigenvalue weighted by Gasteiger charge is 2.23. The molecule has 0 aliphatic heterocycles. The van der Waals surface area contributed by atoms with Crippen LogP contribution in [0.1, 0.15) is 49.6 Å². The molecule has 0 saturated carbocycles. The molecule has 3 amide bonds. The number of anilines is 1. The lowest BCUT2D eigenvalue weighted by Gasteiger charge is -2.29. The fourth-order valence-corrected chi connectivity index (χ4v) is 4.98. The Hall–Kier alpha value is -3.52. The Bertz CT molecular complexity index is 1190. The zero-order chi connectivity index (χ0) is 28.4. The van der Waals surface area contributed by atoms with Crippen LogP contribution in [0.25, 0.3) is 0 Å². The first-order valence-corrected chi connectivity index (χ1v) is 14.2. The highest BCUT2D eigenvalue weighted by atomic mass is 32.1. The van der Waals surface area contributed by atoms with Crippen molar-refractivity contribution in [2.45, 2.75) is 46.6 Å². The number of methoxy groups -OCH3 is 2. The smallest absolute Gasteiger partial charge is 0.322 e. The first kappa shape index (κ1) is 30.0. The lowest BCUT2D eigenvalue weighted by Crippen LogP contribution is -2.46. The molecule has 1 aromatic heterocycles. The molecule has 0 aliphatic carbocycles. The molecule has 3 aromatic rings. The van der Waals surface area contributed by atoms with Crippen LogP contribution in [-0.4, -0.2) is 55.6 Å². The second kappa shape index (κ2) is 14.6. The van der Waals surface area contributed by atoms with Crippen LogP contribution in [0.5, 0.6) is 11.5 Å². The van der Waals surface area contributed by atoms with Crippen LogP contribution in [0.2, 0.25) is 0 Å². The third kappa shape index (κ3) is 9.03. The zero-order valence-electron chi connectivity index (χ0n) is 23.9. The first-order valence-electron chi connectivity index (χ1n) is 13.4. The van der Waals surface area contributed by atoms with Crippen LogP contribution in [0.3, 0.4) is 0 Å². The molecule has 7 nitrogen and oxygen atoms in total. The van der Waals surface area contributed by atoms with Gasteiger partial charge in [-0.3, -0.25) is 4.79 Å². The van der Waals surface area contributed by atoms with E-state index in [0.717, 1.165) is 16.1 Å². The maximum Gasteiger partial charge on any atom is 0.322 e. The van der Waals surface area contributed by atoms with Gasteiger partial charge in [-0.1, -0.05) is 52.0 Å². The van der Waals surface area contributed by atoms with Gasteiger partial charge in [0.05, 0.1) is 20.8 Å². The predicted octanol–water partition coefficient (Wildman–Crippen LogP) is 6.65. The van der Waals surface area contributed by atoms with Crippen LogP contribution < -0.4 is 14.8 Å². The van der Waals surface area contributed by atoms with E-state index >= 15 is 0 Å². The van der Waals surface area contributed by atoms with Crippen LogP contribution in [0, 0.1) is 5.92 Å². The fraction of sp³-hybridized carbons (Fsp3) is 0.419. The summed E-state index contributed by atoms with van der Waals surface area (Å²) in [5.74, 6) is 1.87. The highest BCUT2D eigenvalue weighted by molar-refractivity contribution is 7.09. The monoisotopic (exact) mass is 551 g/mol. The molecule has 1 heterocycles. The van der Waals surface area contributed by atoms with Crippen molar-refractivity contribution >= 4 is 29.0 Å². The normalized spacial score (nSPS) is 11.0. The van der Waals surface area contributed by atoms with E-state index in [1.54, 1.807) is 30.5 Å². The number of thiophene rings is 1. The summed E-state index contributed by atoms with van der Waals surface area (Å²) >= 11 is 1.62. The van der Waals surface area contributed by atoms with Gasteiger partial charge in [-0.25, -0.2) is 4.79 Å². The Morgan fingerprint density at radius 3 is 2.23 bits per heavy atom. The van der Waals surface area contributed by atoms with E-state index in [1.165, 1.54) is 5.56 Å². The summed E-state index contributed by atoms with van der Waals surface area (Å²) in [5.41, 5.74) is 2.97. The molecule has 8 heteroatoms. The van der Waals surface area contributed by atoms with Crippen molar-refractivity contribution in [2.24, 2.45) is 5.92 Å². The molecule has 0 aliphatic rings. The summed E-state index contributed by atoms with van der Waals surface area (Å²) in [7, 11) is 3.22. The molecule has 0 radical (unpaired) electrons. The lowest BCUT2D eigenvalue weighted by atomic mass is 10.0. The summed E-state index contributed by atoms with van der Waals surface area (Å²) < 4.78 is 10.8. The number of nitrogens with one attached hydrogen (secondary N) is 1. The second-order valence-electron chi connectivity index (χ2n) is 10.3. The second-order valence-corrected chi connectivity index (χ2v) is 11.3. The third-order valence-corrected chi connectivity index (χ3v) is 7.29. The largest absolute Gasteiger partial charge is 0.493 e. The molecule has 0 atom stereocenters. The molecule has 1 N–H and O–H groups in total. The van der Waals surface area contributed by atoms with Crippen molar-refractivity contribution in [3.8, 4) is 11.5 Å². The van der Waals surface area contributed by atoms with E-state index in [4.69, 9.17) is 9.47 Å². The Morgan fingerprint density at radius 1 is 0.923 bits per heavy atom. The minimum Gasteiger partial charge on any atom is -0.493 e. The highest BCUT2D eigenvalue weighted by Crippen LogP contribution is 2.28. The van der Waals surface area contributed by atoms with Gasteiger partial charge in [0.2, 0.25) is 5.91 Å². The average Bonchev–Trinajstić information content (AvgIpc) is 3.43. The minimum atomic E-state index is -0.273. The summed E-state index contributed by atoms with van der Waals surface area (Å²) in [6.45, 7) is 9.85. The van der Waals surface area contributed by atoms with Crippen LogP contribution in [0.4, 0.5) is 10.5 Å². The zero-order valence-corrected chi connectivity index (χ0v) is 24.7. The number of carbonyl (C=O) groups is 2. The summed E-state index contributed by atoms with van der Waals surface area (Å²) in [6.07, 6.45) is 0.649. The quantitative estimate of drug-likeness (QED) is 0.258. The van der Waals surface area contributed by atoms with Gasteiger partial charge in [0.15, 0.2) is 11.5 Å². The number of hydrogen-bond acceptors (Lipinski definition) is 5. The molecule has 0 fully saturated rings. The number of amides is 3. The van der Waals surface area contributed by atoms with Gasteiger partial charge in [0, 0.05) is 23.7 Å². The molecule has 210 valence electrons. The van der Waals surface area contributed by atoms with E-state index < -0.39 is 0 Å². The third-order valence-electron chi connectivity index (χ3n) is 6.43. The Kier molecular flexibility index (Phi) is 11.2. The summed E-state index contributed by atoms with van der Waals surface area (Å²) in [4.78, 5) is 31.5. The van der Waals surface area contributed by atoms with Crippen LogP contribution in [-0.2, 0) is 17.8 Å². The van der Waals surface area contributed by atoms with Crippen LogP contribution in [0.15, 0.2) is 60.0 Å². The van der Waals surface area contributed by atoms with Crippen molar-refractivity contribution < 1.29 is 19.1 Å². The SMILES string of the molecule is COc1ccc(CCN(Cc2cccs2)C(=O)CN(CC(C)C)C(=O)Nc2ccc(C(C)C)cc2)cc1OC. The molecular formula is C31H41N3O4S. The van der Waals surface area contributed by atoms with Gasteiger partial charge in [-0.05, 0) is 65.1 Å². The van der Waals surface area contributed by atoms with E-state index in [2.05, 4.69) is 19.2 Å². The molecule has 0 bridgehead atoms. The number of carbonyl (C=O) groups excluding carboxylic acids is 2. The van der Waals surface area contributed by atoms with Crippen molar-refractivity contribution in [2.75, 3.05) is 39.2 Å². The lowest BCUT2D eigenvalue weighted by molar-refractivity contribution is -0.132. The predicted molar refractivity (Wildman–Crippen MR) is 159 cm³/mol. The number of nitrogens with zero attached hydrogens (tertiary/aromatic N) is 2. The van der Waals surface area contributed by atoms with Crippen molar-refractivity contribution in [1.29, 1.82) is 0 Å². The number of benzene rings is 2. The van der Waals surface area contributed by atoms with Crippen molar-refractivity contribution in [3.63, 3.8) is 0 Å². The molecular weight excluding hydrogens is 510 g/mol. The van der Waals surface area contributed by atoms with Crippen molar-refractivity contribution in [3.05, 3.63) is 76.0 Å². The molecule has 0 unspecified atom stereocenters. The summed E-state index contributed by atoms with van der Waals surface area (Å²) in [5, 5.41) is 4.99. The molecule has 39 heavy (non-hydrogen) atoms. The van der Waals surface area contributed by atoms with Gasteiger partial charge in [0.25, 0.3) is 0 Å². The maximum absolute atomic E-state index is 13.6. The standard InChI is InChI=1S/C31H41N3O4S/c1-22(2)19-34(31(36)32-26-12-10-25(11-13-26)23(3)4)21-30(35)33(20-27-8-7-17-39-27)16-15-24-9-14-28(37-5)29(18-24)38-6/h7-14,17-18,22-23H,15-16,19-21H2,1-6H3,(H,32,36). The van der Waals surface area contributed by atoms with Crippen LogP contribution >= 0.6 is 11.3 Å². The Balaban J connectivity index is 1.73. The minimum absolute atomic E-state index is 0.00536. The number of rotatable bonds is 13. The van der Waals surface area contributed by atoms with Gasteiger partial charge in [-0.2, -0.15) is 0 Å². The Morgan fingerprint density at radius 2 is 1.64 bits per heavy atom.